The van der Waals surface area contributed by atoms with E-state index in [-0.39, 0.29) is 17.8 Å². The van der Waals surface area contributed by atoms with Gasteiger partial charge < -0.3 is 10.1 Å². The molecule has 1 N–H and O–H groups in total. The quantitative estimate of drug-likeness (QED) is 0.751. The molecule has 3 rings (SSSR count). The first kappa shape index (κ1) is 16.9. The number of carbonyl (C=O) groups is 1. The Morgan fingerprint density at radius 3 is 2.40 bits per heavy atom. The SMILES string of the molecule is COCC(C)NC(=O)c1nc(-c2ccccc2)n(-c2ccccc2)n1. The zero-order valence-corrected chi connectivity index (χ0v) is 14.2. The van der Waals surface area contributed by atoms with Gasteiger partial charge in [0.25, 0.3) is 5.91 Å². The van der Waals surface area contributed by atoms with E-state index in [0.717, 1.165) is 11.3 Å². The summed E-state index contributed by atoms with van der Waals surface area (Å²) < 4.78 is 6.73. The number of amides is 1. The Labute approximate surface area is 146 Å². The number of ether oxygens (including phenoxy) is 1. The molecule has 0 saturated carbocycles. The van der Waals surface area contributed by atoms with Gasteiger partial charge in [-0.15, -0.1) is 5.10 Å². The molecule has 2 aromatic carbocycles. The van der Waals surface area contributed by atoms with Crippen LogP contribution < -0.4 is 5.32 Å². The summed E-state index contributed by atoms with van der Waals surface area (Å²) in [5.41, 5.74) is 1.74. The Bertz CT molecular complexity index is 774. The van der Waals surface area contributed by atoms with E-state index in [1.807, 2.05) is 67.6 Å². The predicted octanol–water partition coefficient (Wildman–Crippen LogP) is 2.70. The van der Waals surface area contributed by atoms with Crippen molar-refractivity contribution in [2.45, 2.75) is 13.0 Å². The molecular weight excluding hydrogens is 316 g/mol. The number of nitrogens with zero attached hydrogens (tertiary/aromatic N) is 3. The second-order valence-corrected chi connectivity index (χ2v) is 5.70. The van der Waals surface area contributed by atoms with Gasteiger partial charge >= 0.3 is 0 Å². The van der Waals surface area contributed by atoms with E-state index in [1.165, 1.54) is 0 Å². The maximum Gasteiger partial charge on any atom is 0.291 e. The van der Waals surface area contributed by atoms with Gasteiger partial charge in [-0.05, 0) is 19.1 Å². The van der Waals surface area contributed by atoms with Crippen LogP contribution in [0.5, 0.6) is 0 Å². The summed E-state index contributed by atoms with van der Waals surface area (Å²) in [6.45, 7) is 2.30. The summed E-state index contributed by atoms with van der Waals surface area (Å²) in [5.74, 6) is 0.429. The largest absolute Gasteiger partial charge is 0.383 e. The monoisotopic (exact) mass is 336 g/mol. The lowest BCUT2D eigenvalue weighted by molar-refractivity contribution is 0.0895. The van der Waals surface area contributed by atoms with E-state index in [1.54, 1.807) is 11.8 Å². The van der Waals surface area contributed by atoms with Crippen molar-refractivity contribution in [1.29, 1.82) is 0 Å². The molecule has 25 heavy (non-hydrogen) atoms. The van der Waals surface area contributed by atoms with Gasteiger partial charge in [0.15, 0.2) is 5.82 Å². The lowest BCUT2D eigenvalue weighted by atomic mass is 10.2. The smallest absolute Gasteiger partial charge is 0.291 e. The third-order valence-electron chi connectivity index (χ3n) is 3.64. The summed E-state index contributed by atoms with van der Waals surface area (Å²) >= 11 is 0. The minimum absolute atomic E-state index is 0.124. The van der Waals surface area contributed by atoms with Crippen LogP contribution in [-0.4, -0.2) is 40.4 Å². The third kappa shape index (κ3) is 3.92. The number of benzene rings is 2. The molecule has 1 atom stereocenters. The van der Waals surface area contributed by atoms with Crippen LogP contribution in [0.2, 0.25) is 0 Å². The van der Waals surface area contributed by atoms with Crippen molar-refractivity contribution in [3.8, 4) is 17.1 Å². The van der Waals surface area contributed by atoms with Crippen LogP contribution >= 0.6 is 0 Å². The van der Waals surface area contributed by atoms with E-state index in [4.69, 9.17) is 4.74 Å². The average Bonchev–Trinajstić information content (AvgIpc) is 3.09. The molecule has 0 aliphatic carbocycles. The molecule has 0 spiro atoms. The molecule has 6 heteroatoms. The van der Waals surface area contributed by atoms with Gasteiger partial charge in [0.1, 0.15) is 0 Å². The van der Waals surface area contributed by atoms with Gasteiger partial charge in [-0.25, -0.2) is 9.67 Å². The van der Waals surface area contributed by atoms with Crippen molar-refractivity contribution in [1.82, 2.24) is 20.1 Å². The average molecular weight is 336 g/mol. The van der Waals surface area contributed by atoms with E-state index < -0.39 is 0 Å². The molecule has 128 valence electrons. The molecule has 0 bridgehead atoms. The number of nitrogens with one attached hydrogen (secondary N) is 1. The number of rotatable bonds is 6. The summed E-state index contributed by atoms with van der Waals surface area (Å²) in [6, 6.07) is 19.2. The molecule has 0 fully saturated rings. The standard InChI is InChI=1S/C19H20N4O2/c1-14(13-25-2)20-19(24)17-21-18(15-9-5-3-6-10-15)23(22-17)16-11-7-4-8-12-16/h3-12,14H,13H2,1-2H3,(H,20,24). The Morgan fingerprint density at radius 1 is 1.12 bits per heavy atom. The van der Waals surface area contributed by atoms with Crippen LogP contribution in [0.1, 0.15) is 17.5 Å². The fourth-order valence-corrected chi connectivity index (χ4v) is 2.51. The maximum atomic E-state index is 12.5. The highest BCUT2D eigenvalue weighted by Crippen LogP contribution is 2.20. The minimum Gasteiger partial charge on any atom is -0.383 e. The van der Waals surface area contributed by atoms with Crippen LogP contribution in [0.3, 0.4) is 0 Å². The summed E-state index contributed by atoms with van der Waals surface area (Å²) in [4.78, 5) is 16.9. The first-order valence-electron chi connectivity index (χ1n) is 8.06. The highest BCUT2D eigenvalue weighted by molar-refractivity contribution is 5.91. The molecule has 6 nitrogen and oxygen atoms in total. The normalized spacial score (nSPS) is 11.9. The van der Waals surface area contributed by atoms with E-state index >= 15 is 0 Å². The summed E-state index contributed by atoms with van der Waals surface area (Å²) in [7, 11) is 1.60. The summed E-state index contributed by atoms with van der Waals surface area (Å²) in [5, 5.41) is 7.26. The van der Waals surface area contributed by atoms with Gasteiger partial charge in [0, 0.05) is 18.7 Å². The van der Waals surface area contributed by atoms with E-state index in [9.17, 15) is 4.79 Å². The number of aromatic nitrogens is 3. The van der Waals surface area contributed by atoms with Crippen molar-refractivity contribution in [3.63, 3.8) is 0 Å². The van der Waals surface area contributed by atoms with Crippen molar-refractivity contribution in [2.75, 3.05) is 13.7 Å². The topological polar surface area (TPSA) is 69.0 Å². The first-order valence-corrected chi connectivity index (χ1v) is 8.06. The molecule has 0 saturated heterocycles. The second-order valence-electron chi connectivity index (χ2n) is 5.70. The van der Waals surface area contributed by atoms with Gasteiger partial charge in [-0.1, -0.05) is 48.5 Å². The highest BCUT2D eigenvalue weighted by Gasteiger charge is 2.19. The zero-order chi connectivity index (χ0) is 17.6. The number of hydrogen-bond acceptors (Lipinski definition) is 4. The molecule has 1 aromatic heterocycles. The fraction of sp³-hybridized carbons (Fsp3) is 0.211. The maximum absolute atomic E-state index is 12.5. The molecule has 0 aliphatic heterocycles. The predicted molar refractivity (Wildman–Crippen MR) is 95.6 cm³/mol. The Balaban J connectivity index is 1.99. The molecule has 0 radical (unpaired) electrons. The molecule has 0 aliphatic rings. The van der Waals surface area contributed by atoms with Crippen LogP contribution in [0.4, 0.5) is 0 Å². The molecular formula is C19H20N4O2. The van der Waals surface area contributed by atoms with E-state index in [2.05, 4.69) is 15.4 Å². The Kier molecular flexibility index (Phi) is 5.20. The molecule has 1 amide bonds. The number of methoxy groups -OCH3 is 1. The Hall–Kier alpha value is -2.99. The van der Waals surface area contributed by atoms with Gasteiger partial charge in [-0.3, -0.25) is 4.79 Å². The van der Waals surface area contributed by atoms with Crippen molar-refractivity contribution in [3.05, 3.63) is 66.5 Å². The van der Waals surface area contributed by atoms with Crippen molar-refractivity contribution >= 4 is 5.91 Å². The van der Waals surface area contributed by atoms with Gasteiger partial charge in [0.05, 0.1) is 12.3 Å². The molecule has 3 aromatic rings. The number of carbonyl (C=O) groups excluding carboxylic acids is 1. The number of para-hydroxylation sites is 1. The zero-order valence-electron chi connectivity index (χ0n) is 14.2. The van der Waals surface area contributed by atoms with Gasteiger partial charge in [0.2, 0.25) is 5.82 Å². The van der Waals surface area contributed by atoms with Crippen LogP contribution in [0.25, 0.3) is 17.1 Å². The van der Waals surface area contributed by atoms with E-state index in [0.29, 0.717) is 12.4 Å². The van der Waals surface area contributed by atoms with Crippen molar-refractivity contribution < 1.29 is 9.53 Å². The number of hydrogen-bond donors (Lipinski definition) is 1. The molecule has 1 heterocycles. The van der Waals surface area contributed by atoms with Crippen LogP contribution in [-0.2, 0) is 4.74 Å². The third-order valence-corrected chi connectivity index (χ3v) is 3.64. The van der Waals surface area contributed by atoms with Gasteiger partial charge in [-0.2, -0.15) is 0 Å². The molecule has 1 unspecified atom stereocenters. The lowest BCUT2D eigenvalue weighted by Crippen LogP contribution is -2.36. The highest BCUT2D eigenvalue weighted by atomic mass is 16.5. The van der Waals surface area contributed by atoms with Crippen LogP contribution in [0.15, 0.2) is 60.7 Å². The van der Waals surface area contributed by atoms with Crippen LogP contribution in [0, 0.1) is 0 Å². The first-order chi connectivity index (χ1) is 12.2. The summed E-state index contributed by atoms with van der Waals surface area (Å²) in [6.07, 6.45) is 0. The minimum atomic E-state index is -0.323. The second kappa shape index (κ2) is 7.72. The van der Waals surface area contributed by atoms with Crippen molar-refractivity contribution in [2.24, 2.45) is 0 Å². The lowest BCUT2D eigenvalue weighted by Gasteiger charge is -2.10. The Morgan fingerprint density at radius 2 is 1.76 bits per heavy atom. The fourth-order valence-electron chi connectivity index (χ4n) is 2.51.